The fraction of sp³-hybridized carbons (Fsp3) is 0.231. The molecule has 0 amide bonds. The van der Waals surface area contributed by atoms with Crippen molar-refractivity contribution in [2.45, 2.75) is 13.3 Å². The molecule has 0 saturated carbocycles. The average molecular weight is 246 g/mol. The fourth-order valence-corrected chi connectivity index (χ4v) is 1.86. The van der Waals surface area contributed by atoms with Crippen LogP contribution in [0.15, 0.2) is 29.1 Å². The van der Waals surface area contributed by atoms with Crippen molar-refractivity contribution in [3.05, 3.63) is 40.2 Å². The number of rotatable bonds is 3. The first kappa shape index (κ1) is 12.2. The number of carbonyl (C=O) groups excluding carboxylic acids is 1. The molecule has 5 nitrogen and oxygen atoms in total. The molecule has 3 N–H and O–H groups in total. The van der Waals surface area contributed by atoms with Crippen LogP contribution in [-0.4, -0.2) is 17.6 Å². The van der Waals surface area contributed by atoms with Gasteiger partial charge in [0.1, 0.15) is 0 Å². The number of esters is 1. The smallest absolute Gasteiger partial charge is 0.310 e. The first-order valence-electron chi connectivity index (χ1n) is 5.67. The second-order valence-corrected chi connectivity index (χ2v) is 3.95. The summed E-state index contributed by atoms with van der Waals surface area (Å²) in [5.74, 6) is -0.346. The molecule has 1 aromatic carbocycles. The predicted molar refractivity (Wildman–Crippen MR) is 69.3 cm³/mol. The highest BCUT2D eigenvalue weighted by molar-refractivity contribution is 5.88. The van der Waals surface area contributed by atoms with Gasteiger partial charge in [0.05, 0.1) is 18.5 Å². The van der Waals surface area contributed by atoms with Crippen LogP contribution in [0.1, 0.15) is 12.5 Å². The number of pyridine rings is 1. The van der Waals surface area contributed by atoms with Crippen molar-refractivity contribution < 1.29 is 9.53 Å². The third-order valence-corrected chi connectivity index (χ3v) is 2.59. The predicted octanol–water partition coefficient (Wildman–Crippen LogP) is 1.22. The number of nitrogen functional groups attached to an aromatic ring is 1. The summed E-state index contributed by atoms with van der Waals surface area (Å²) in [7, 11) is 0. The summed E-state index contributed by atoms with van der Waals surface area (Å²) in [5, 5.41) is 0.803. The molecule has 2 rings (SSSR count). The van der Waals surface area contributed by atoms with E-state index in [0.29, 0.717) is 23.4 Å². The van der Waals surface area contributed by atoms with Gasteiger partial charge in [0.2, 0.25) is 5.56 Å². The molecule has 0 aliphatic heterocycles. The largest absolute Gasteiger partial charge is 0.466 e. The first-order chi connectivity index (χ1) is 8.60. The van der Waals surface area contributed by atoms with Crippen molar-refractivity contribution in [1.29, 1.82) is 0 Å². The van der Waals surface area contributed by atoms with Crippen LogP contribution in [0.4, 0.5) is 5.69 Å². The summed E-state index contributed by atoms with van der Waals surface area (Å²) in [5.41, 5.74) is 7.24. The number of H-pyrrole nitrogens is 1. The van der Waals surface area contributed by atoms with E-state index in [1.54, 1.807) is 25.1 Å². The Hall–Kier alpha value is -2.30. The molecule has 0 aliphatic rings. The zero-order valence-electron chi connectivity index (χ0n) is 10.0. The zero-order valence-corrected chi connectivity index (χ0v) is 10.0. The molecule has 2 aromatic rings. The molecule has 0 unspecified atom stereocenters. The summed E-state index contributed by atoms with van der Waals surface area (Å²) in [4.78, 5) is 25.7. The van der Waals surface area contributed by atoms with Crippen LogP contribution in [0.2, 0.25) is 0 Å². The number of aromatic nitrogens is 1. The van der Waals surface area contributed by atoms with Gasteiger partial charge in [-0.3, -0.25) is 9.59 Å². The summed E-state index contributed by atoms with van der Waals surface area (Å²) >= 11 is 0. The molecular formula is C13H14N2O3. The van der Waals surface area contributed by atoms with E-state index in [2.05, 4.69) is 4.98 Å². The zero-order chi connectivity index (χ0) is 13.1. The minimum atomic E-state index is -0.346. The number of benzene rings is 1. The van der Waals surface area contributed by atoms with Crippen molar-refractivity contribution >= 4 is 22.6 Å². The second kappa shape index (κ2) is 4.91. The van der Waals surface area contributed by atoms with E-state index in [1.165, 1.54) is 6.07 Å². The van der Waals surface area contributed by atoms with Gasteiger partial charge < -0.3 is 15.5 Å². The van der Waals surface area contributed by atoms with Crippen LogP contribution in [0.5, 0.6) is 0 Å². The van der Waals surface area contributed by atoms with E-state index in [4.69, 9.17) is 10.5 Å². The summed E-state index contributed by atoms with van der Waals surface area (Å²) < 4.78 is 4.88. The minimum Gasteiger partial charge on any atom is -0.466 e. The number of carbonyl (C=O) groups is 1. The van der Waals surface area contributed by atoms with Gasteiger partial charge in [0.25, 0.3) is 0 Å². The number of aromatic amines is 1. The number of nitrogens with one attached hydrogen (secondary N) is 1. The van der Waals surface area contributed by atoms with Crippen LogP contribution in [0, 0.1) is 0 Å². The van der Waals surface area contributed by atoms with E-state index in [0.717, 1.165) is 5.39 Å². The Morgan fingerprint density at radius 3 is 2.89 bits per heavy atom. The van der Waals surface area contributed by atoms with Crippen molar-refractivity contribution in [3.63, 3.8) is 0 Å². The quantitative estimate of drug-likeness (QED) is 0.629. The lowest BCUT2D eigenvalue weighted by molar-refractivity contribution is -0.142. The molecule has 0 fully saturated rings. The summed E-state index contributed by atoms with van der Waals surface area (Å²) in [6, 6.07) is 6.60. The molecule has 0 radical (unpaired) electrons. The third-order valence-electron chi connectivity index (χ3n) is 2.59. The van der Waals surface area contributed by atoms with Crippen molar-refractivity contribution in [1.82, 2.24) is 4.98 Å². The standard InChI is InChI=1S/C13H14N2O3/c1-2-18-13(17)6-8-5-12(16)15-11-7-9(14)3-4-10(8)11/h3-5,7H,2,6,14H2,1H3,(H,15,16). The highest BCUT2D eigenvalue weighted by Crippen LogP contribution is 2.18. The average Bonchev–Trinajstić information content (AvgIpc) is 2.28. The lowest BCUT2D eigenvalue weighted by atomic mass is 10.1. The number of hydrogen-bond donors (Lipinski definition) is 2. The number of ether oxygens (including phenoxy) is 1. The molecule has 18 heavy (non-hydrogen) atoms. The molecule has 1 aromatic heterocycles. The lowest BCUT2D eigenvalue weighted by Gasteiger charge is -2.06. The van der Waals surface area contributed by atoms with Crippen molar-refractivity contribution in [2.75, 3.05) is 12.3 Å². The van der Waals surface area contributed by atoms with E-state index in [9.17, 15) is 9.59 Å². The summed E-state index contributed by atoms with van der Waals surface area (Å²) in [6.45, 7) is 2.07. The van der Waals surface area contributed by atoms with E-state index < -0.39 is 0 Å². The Bertz CT molecular complexity index is 646. The Morgan fingerprint density at radius 1 is 1.39 bits per heavy atom. The van der Waals surface area contributed by atoms with Crippen LogP contribution in [0.25, 0.3) is 10.9 Å². The van der Waals surface area contributed by atoms with Gasteiger partial charge in [0, 0.05) is 17.1 Å². The maximum atomic E-state index is 11.5. The second-order valence-electron chi connectivity index (χ2n) is 3.95. The van der Waals surface area contributed by atoms with Crippen molar-refractivity contribution in [2.24, 2.45) is 0 Å². The Kier molecular flexibility index (Phi) is 3.32. The van der Waals surface area contributed by atoms with Crippen LogP contribution in [0.3, 0.4) is 0 Å². The van der Waals surface area contributed by atoms with E-state index in [-0.39, 0.29) is 17.9 Å². The Balaban J connectivity index is 2.49. The van der Waals surface area contributed by atoms with Gasteiger partial charge in [-0.2, -0.15) is 0 Å². The van der Waals surface area contributed by atoms with Crippen molar-refractivity contribution in [3.8, 4) is 0 Å². The van der Waals surface area contributed by atoms with Gasteiger partial charge in [-0.05, 0) is 24.6 Å². The van der Waals surface area contributed by atoms with E-state index >= 15 is 0 Å². The van der Waals surface area contributed by atoms with Crippen LogP contribution < -0.4 is 11.3 Å². The molecule has 0 aliphatic carbocycles. The SMILES string of the molecule is CCOC(=O)Cc1cc(=O)[nH]c2cc(N)ccc12. The normalized spacial score (nSPS) is 10.5. The van der Waals surface area contributed by atoms with Crippen LogP contribution >= 0.6 is 0 Å². The van der Waals surface area contributed by atoms with Crippen LogP contribution in [-0.2, 0) is 16.0 Å². The molecule has 1 heterocycles. The Labute approximate surface area is 104 Å². The molecular weight excluding hydrogens is 232 g/mol. The topological polar surface area (TPSA) is 85.2 Å². The molecule has 0 atom stereocenters. The van der Waals surface area contributed by atoms with Gasteiger partial charge in [-0.1, -0.05) is 6.07 Å². The lowest BCUT2D eigenvalue weighted by Crippen LogP contribution is -2.12. The third kappa shape index (κ3) is 2.51. The fourth-order valence-electron chi connectivity index (χ4n) is 1.86. The highest BCUT2D eigenvalue weighted by Gasteiger charge is 2.09. The maximum absolute atomic E-state index is 11.5. The van der Waals surface area contributed by atoms with Gasteiger partial charge >= 0.3 is 5.97 Å². The monoisotopic (exact) mass is 246 g/mol. The molecule has 0 saturated heterocycles. The number of hydrogen-bond acceptors (Lipinski definition) is 4. The van der Waals surface area contributed by atoms with Gasteiger partial charge in [-0.25, -0.2) is 0 Å². The molecule has 0 bridgehead atoms. The van der Waals surface area contributed by atoms with E-state index in [1.807, 2.05) is 0 Å². The van der Waals surface area contributed by atoms with Gasteiger partial charge in [0.15, 0.2) is 0 Å². The molecule has 94 valence electrons. The Morgan fingerprint density at radius 2 is 2.17 bits per heavy atom. The number of nitrogens with two attached hydrogens (primary N) is 1. The molecule has 0 spiro atoms. The maximum Gasteiger partial charge on any atom is 0.310 e. The minimum absolute atomic E-state index is 0.0815. The highest BCUT2D eigenvalue weighted by atomic mass is 16.5. The number of anilines is 1. The van der Waals surface area contributed by atoms with Gasteiger partial charge in [-0.15, -0.1) is 0 Å². The number of fused-ring (bicyclic) bond motifs is 1. The summed E-state index contributed by atoms with van der Waals surface area (Å²) in [6.07, 6.45) is 0.0815. The first-order valence-corrected chi connectivity index (χ1v) is 5.67. The molecule has 5 heteroatoms.